The van der Waals surface area contributed by atoms with Gasteiger partial charge >= 0.3 is 5.97 Å². The van der Waals surface area contributed by atoms with E-state index in [-0.39, 0.29) is 5.97 Å². The highest BCUT2D eigenvalue weighted by Gasteiger charge is 2.12. The van der Waals surface area contributed by atoms with Crippen molar-refractivity contribution in [2.24, 2.45) is 5.73 Å². The summed E-state index contributed by atoms with van der Waals surface area (Å²) >= 11 is 1.65. The summed E-state index contributed by atoms with van der Waals surface area (Å²) in [7, 11) is 1.34. The fourth-order valence-corrected chi connectivity index (χ4v) is 2.46. The second-order valence-corrected chi connectivity index (χ2v) is 5.27. The van der Waals surface area contributed by atoms with Gasteiger partial charge in [-0.15, -0.1) is 0 Å². The van der Waals surface area contributed by atoms with E-state index in [1.54, 1.807) is 11.8 Å². The summed E-state index contributed by atoms with van der Waals surface area (Å²) in [5.41, 5.74) is 7.53. The predicted molar refractivity (Wildman–Crippen MR) is 76.8 cm³/mol. The van der Waals surface area contributed by atoms with E-state index in [1.165, 1.54) is 12.7 Å². The molecule has 0 saturated carbocycles. The smallest absolute Gasteiger partial charge is 0.323 e. The second-order valence-electron chi connectivity index (χ2n) is 4.12. The van der Waals surface area contributed by atoms with Crippen molar-refractivity contribution in [1.82, 2.24) is 0 Å². The summed E-state index contributed by atoms with van der Waals surface area (Å²) in [6, 6.07) is 9.17. The zero-order valence-corrected chi connectivity index (χ0v) is 11.8. The number of hydrogen-bond donors (Lipinski definition) is 1. The molecule has 0 bridgehead atoms. The molecule has 1 aromatic carbocycles. The molecule has 1 unspecified atom stereocenters. The van der Waals surface area contributed by atoms with E-state index in [4.69, 9.17) is 11.0 Å². The van der Waals surface area contributed by atoms with E-state index in [1.807, 2.05) is 24.3 Å². The van der Waals surface area contributed by atoms with Crippen molar-refractivity contribution in [3.63, 3.8) is 0 Å². The Morgan fingerprint density at radius 2 is 2.16 bits per heavy atom. The number of nitrogens with two attached hydrogens (primary N) is 1. The van der Waals surface area contributed by atoms with E-state index in [0.717, 1.165) is 18.6 Å². The second kappa shape index (κ2) is 8.57. The number of thioether (sulfide) groups is 1. The van der Waals surface area contributed by atoms with Gasteiger partial charge in [-0.25, -0.2) is 0 Å². The SMILES string of the molecule is COC(=O)C(N)CSCCCc1ccc(C#N)cc1. The Hall–Kier alpha value is -1.51. The van der Waals surface area contributed by atoms with E-state index >= 15 is 0 Å². The number of nitriles is 1. The predicted octanol–water partition coefficient (Wildman–Crippen LogP) is 1.72. The summed E-state index contributed by atoms with van der Waals surface area (Å²) in [6.45, 7) is 0. The highest BCUT2D eigenvalue weighted by Crippen LogP contribution is 2.10. The number of hydrogen-bond acceptors (Lipinski definition) is 5. The van der Waals surface area contributed by atoms with Crippen LogP contribution in [0.25, 0.3) is 0 Å². The van der Waals surface area contributed by atoms with Crippen LogP contribution in [-0.4, -0.2) is 30.6 Å². The molecule has 2 N–H and O–H groups in total. The minimum absolute atomic E-state index is 0.361. The van der Waals surface area contributed by atoms with Gasteiger partial charge in [-0.1, -0.05) is 12.1 Å². The third-order valence-electron chi connectivity index (χ3n) is 2.64. The van der Waals surface area contributed by atoms with Crippen molar-refractivity contribution in [1.29, 1.82) is 5.26 Å². The lowest BCUT2D eigenvalue weighted by Crippen LogP contribution is -2.33. The molecule has 0 aliphatic heterocycles. The monoisotopic (exact) mass is 278 g/mol. The summed E-state index contributed by atoms with van der Waals surface area (Å²) < 4.78 is 4.56. The van der Waals surface area contributed by atoms with Crippen molar-refractivity contribution in [3.05, 3.63) is 35.4 Å². The Labute approximate surface area is 117 Å². The highest BCUT2D eigenvalue weighted by atomic mass is 32.2. The zero-order valence-electron chi connectivity index (χ0n) is 11.0. The Bertz CT molecular complexity index is 440. The first-order valence-corrected chi connectivity index (χ1v) is 7.23. The lowest BCUT2D eigenvalue weighted by molar-refractivity contribution is -0.141. The fourth-order valence-electron chi connectivity index (χ4n) is 1.55. The van der Waals surface area contributed by atoms with Crippen LogP contribution in [0, 0.1) is 11.3 Å². The van der Waals surface area contributed by atoms with Crippen LogP contribution in [0.15, 0.2) is 24.3 Å². The van der Waals surface area contributed by atoms with Gasteiger partial charge in [0, 0.05) is 5.75 Å². The number of carbonyl (C=O) groups excluding carboxylic acids is 1. The van der Waals surface area contributed by atoms with Crippen LogP contribution < -0.4 is 5.73 Å². The third kappa shape index (κ3) is 5.77. The van der Waals surface area contributed by atoms with Gasteiger partial charge in [-0.05, 0) is 36.3 Å². The van der Waals surface area contributed by atoms with Crippen LogP contribution in [-0.2, 0) is 16.0 Å². The van der Waals surface area contributed by atoms with Crippen molar-refractivity contribution in [3.8, 4) is 6.07 Å². The first-order valence-electron chi connectivity index (χ1n) is 6.07. The lowest BCUT2D eigenvalue weighted by Gasteiger charge is -2.08. The average Bonchev–Trinajstić information content (AvgIpc) is 2.46. The molecule has 102 valence electrons. The third-order valence-corrected chi connectivity index (χ3v) is 3.81. The minimum atomic E-state index is -0.537. The average molecular weight is 278 g/mol. The van der Waals surface area contributed by atoms with Crippen LogP contribution in [0.5, 0.6) is 0 Å². The molecule has 0 aliphatic carbocycles. The molecule has 0 heterocycles. The standard InChI is InChI=1S/C14H18N2O2S/c1-18-14(17)13(16)10-19-8-2-3-11-4-6-12(9-15)7-5-11/h4-7,13H,2-3,8,10,16H2,1H3. The molecular weight excluding hydrogens is 260 g/mol. The number of rotatable bonds is 7. The summed E-state index contributed by atoms with van der Waals surface area (Å²) in [6.07, 6.45) is 1.98. The molecule has 0 aliphatic rings. The van der Waals surface area contributed by atoms with Crippen LogP contribution in [0.4, 0.5) is 0 Å². The van der Waals surface area contributed by atoms with Crippen LogP contribution in [0.1, 0.15) is 17.5 Å². The topological polar surface area (TPSA) is 76.1 Å². The van der Waals surface area contributed by atoms with E-state index in [9.17, 15) is 4.79 Å². The van der Waals surface area contributed by atoms with Gasteiger partial charge < -0.3 is 10.5 Å². The van der Waals surface area contributed by atoms with E-state index in [0.29, 0.717) is 11.3 Å². The van der Waals surface area contributed by atoms with Gasteiger partial charge in [0.2, 0.25) is 0 Å². The maximum Gasteiger partial charge on any atom is 0.323 e. The Morgan fingerprint density at radius 1 is 1.47 bits per heavy atom. The Balaban J connectivity index is 2.17. The number of esters is 1. The van der Waals surface area contributed by atoms with E-state index in [2.05, 4.69) is 10.8 Å². The van der Waals surface area contributed by atoms with Crippen molar-refractivity contribution >= 4 is 17.7 Å². The normalized spacial score (nSPS) is 11.6. The molecule has 0 amide bonds. The summed E-state index contributed by atoms with van der Waals surface area (Å²) in [4.78, 5) is 11.1. The van der Waals surface area contributed by atoms with Gasteiger partial charge in [0.1, 0.15) is 6.04 Å². The fraction of sp³-hybridized carbons (Fsp3) is 0.429. The molecule has 4 nitrogen and oxygen atoms in total. The van der Waals surface area contributed by atoms with Crippen LogP contribution in [0.2, 0.25) is 0 Å². The number of carbonyl (C=O) groups is 1. The molecule has 19 heavy (non-hydrogen) atoms. The number of methoxy groups -OCH3 is 1. The molecule has 0 aromatic heterocycles. The quantitative estimate of drug-likeness (QED) is 0.607. The van der Waals surface area contributed by atoms with Crippen molar-refractivity contribution in [2.45, 2.75) is 18.9 Å². The molecule has 1 atom stereocenters. The number of ether oxygens (including phenoxy) is 1. The highest BCUT2D eigenvalue weighted by molar-refractivity contribution is 7.99. The molecule has 1 rings (SSSR count). The van der Waals surface area contributed by atoms with Gasteiger partial charge in [-0.2, -0.15) is 17.0 Å². The molecule has 0 saturated heterocycles. The maximum absolute atomic E-state index is 11.1. The van der Waals surface area contributed by atoms with Gasteiger partial charge in [0.15, 0.2) is 0 Å². The lowest BCUT2D eigenvalue weighted by atomic mass is 10.1. The molecular formula is C14H18N2O2S. The Kier molecular flexibility index (Phi) is 7.01. The number of benzene rings is 1. The first-order chi connectivity index (χ1) is 9.17. The maximum atomic E-state index is 11.1. The van der Waals surface area contributed by atoms with E-state index < -0.39 is 6.04 Å². The van der Waals surface area contributed by atoms with Crippen molar-refractivity contribution in [2.75, 3.05) is 18.6 Å². The number of nitrogens with zero attached hydrogens (tertiary/aromatic N) is 1. The molecule has 0 fully saturated rings. The van der Waals surface area contributed by atoms with Crippen molar-refractivity contribution < 1.29 is 9.53 Å². The largest absolute Gasteiger partial charge is 0.468 e. The molecule has 0 radical (unpaired) electrons. The summed E-state index contributed by atoms with van der Waals surface area (Å²) in [5, 5.41) is 8.69. The van der Waals surface area contributed by atoms with Gasteiger partial charge in [0.25, 0.3) is 0 Å². The minimum Gasteiger partial charge on any atom is -0.468 e. The van der Waals surface area contributed by atoms with Gasteiger partial charge in [0.05, 0.1) is 18.7 Å². The van der Waals surface area contributed by atoms with Gasteiger partial charge in [-0.3, -0.25) is 4.79 Å². The zero-order chi connectivity index (χ0) is 14.1. The first kappa shape index (κ1) is 15.5. The Morgan fingerprint density at radius 3 is 2.74 bits per heavy atom. The molecule has 5 heteroatoms. The molecule has 0 spiro atoms. The molecule has 1 aromatic rings. The number of aryl methyl sites for hydroxylation is 1. The van der Waals surface area contributed by atoms with Crippen LogP contribution >= 0.6 is 11.8 Å². The summed E-state index contributed by atoms with van der Waals surface area (Å²) in [5.74, 6) is 1.17. The van der Waals surface area contributed by atoms with Crippen LogP contribution in [0.3, 0.4) is 0 Å².